The van der Waals surface area contributed by atoms with Gasteiger partial charge in [-0.3, -0.25) is 4.79 Å². The van der Waals surface area contributed by atoms with Crippen molar-refractivity contribution in [2.45, 2.75) is 51.4 Å². The first-order valence-electron chi connectivity index (χ1n) is 7.87. The molecule has 1 aliphatic heterocycles. The number of unbranched alkanes of at least 4 members (excludes halogenated alkanes) is 3. The van der Waals surface area contributed by atoms with Crippen LogP contribution in [0.15, 0.2) is 24.3 Å². The maximum absolute atomic E-state index is 12.4. The summed E-state index contributed by atoms with van der Waals surface area (Å²) in [5.74, 6) is 0.684. The van der Waals surface area contributed by atoms with E-state index in [0.29, 0.717) is 18.9 Å². The highest BCUT2D eigenvalue weighted by atomic mass is 16.2. The molecule has 2 N–H and O–H groups in total. The maximum Gasteiger partial charge on any atom is 0.227 e. The van der Waals surface area contributed by atoms with E-state index in [-0.39, 0.29) is 5.91 Å². The second kappa shape index (κ2) is 7.44. The SMILES string of the molecule is CCCCCCC(=O)N1CC(CCN)c2ccccc21. The molecule has 1 atom stereocenters. The molecule has 1 heterocycles. The lowest BCUT2D eigenvalue weighted by Crippen LogP contribution is -2.29. The minimum absolute atomic E-state index is 0.271. The molecule has 3 nitrogen and oxygen atoms in total. The molecule has 1 unspecified atom stereocenters. The molecule has 1 aromatic rings. The minimum Gasteiger partial charge on any atom is -0.330 e. The number of fused-ring (bicyclic) bond motifs is 1. The molecule has 0 bridgehead atoms. The van der Waals surface area contributed by atoms with Gasteiger partial charge in [0, 0.05) is 24.6 Å². The lowest BCUT2D eigenvalue weighted by atomic mass is 9.98. The predicted molar refractivity (Wildman–Crippen MR) is 84.0 cm³/mol. The maximum atomic E-state index is 12.4. The van der Waals surface area contributed by atoms with Crippen LogP contribution in [0.2, 0.25) is 0 Å². The van der Waals surface area contributed by atoms with Crippen LogP contribution >= 0.6 is 0 Å². The van der Waals surface area contributed by atoms with Crippen molar-refractivity contribution in [3.63, 3.8) is 0 Å². The highest BCUT2D eigenvalue weighted by molar-refractivity contribution is 5.95. The van der Waals surface area contributed by atoms with Crippen LogP contribution in [0.5, 0.6) is 0 Å². The first-order chi connectivity index (χ1) is 9.77. The zero-order chi connectivity index (χ0) is 14.4. The van der Waals surface area contributed by atoms with Gasteiger partial charge in [0.15, 0.2) is 0 Å². The minimum atomic E-state index is 0.271. The number of hydrogen-bond donors (Lipinski definition) is 1. The van der Waals surface area contributed by atoms with Gasteiger partial charge in [-0.15, -0.1) is 0 Å². The van der Waals surface area contributed by atoms with Crippen LogP contribution in [0.1, 0.15) is 56.9 Å². The summed E-state index contributed by atoms with van der Waals surface area (Å²) in [7, 11) is 0. The summed E-state index contributed by atoms with van der Waals surface area (Å²) in [5.41, 5.74) is 8.09. The van der Waals surface area contributed by atoms with Gasteiger partial charge in [-0.25, -0.2) is 0 Å². The van der Waals surface area contributed by atoms with E-state index in [2.05, 4.69) is 25.1 Å². The second-order valence-corrected chi connectivity index (χ2v) is 5.65. The Balaban J connectivity index is 2.00. The van der Waals surface area contributed by atoms with Crippen molar-refractivity contribution in [1.82, 2.24) is 0 Å². The largest absolute Gasteiger partial charge is 0.330 e. The van der Waals surface area contributed by atoms with Crippen molar-refractivity contribution >= 4 is 11.6 Å². The molecule has 0 spiro atoms. The molecule has 1 amide bonds. The van der Waals surface area contributed by atoms with E-state index in [4.69, 9.17) is 5.73 Å². The van der Waals surface area contributed by atoms with Crippen molar-refractivity contribution in [2.75, 3.05) is 18.0 Å². The van der Waals surface area contributed by atoms with Crippen LogP contribution in [-0.2, 0) is 4.79 Å². The number of hydrogen-bond acceptors (Lipinski definition) is 2. The quantitative estimate of drug-likeness (QED) is 0.774. The van der Waals surface area contributed by atoms with Gasteiger partial charge in [-0.2, -0.15) is 0 Å². The molecule has 0 radical (unpaired) electrons. The van der Waals surface area contributed by atoms with E-state index in [1.807, 2.05) is 11.0 Å². The van der Waals surface area contributed by atoms with E-state index in [1.54, 1.807) is 0 Å². The van der Waals surface area contributed by atoms with Gasteiger partial charge in [0.2, 0.25) is 5.91 Å². The summed E-state index contributed by atoms with van der Waals surface area (Å²) >= 11 is 0. The number of nitrogens with zero attached hydrogens (tertiary/aromatic N) is 1. The van der Waals surface area contributed by atoms with Crippen LogP contribution in [0.4, 0.5) is 5.69 Å². The fraction of sp³-hybridized carbons (Fsp3) is 0.588. The molecular weight excluding hydrogens is 248 g/mol. The van der Waals surface area contributed by atoms with Gasteiger partial charge >= 0.3 is 0 Å². The molecular formula is C17H26N2O. The second-order valence-electron chi connectivity index (χ2n) is 5.65. The number of benzene rings is 1. The molecule has 0 saturated carbocycles. The van der Waals surface area contributed by atoms with E-state index in [9.17, 15) is 4.79 Å². The zero-order valence-corrected chi connectivity index (χ0v) is 12.5. The molecule has 3 heteroatoms. The van der Waals surface area contributed by atoms with Gasteiger partial charge in [0.05, 0.1) is 0 Å². The van der Waals surface area contributed by atoms with Gasteiger partial charge in [0.1, 0.15) is 0 Å². The Kier molecular flexibility index (Phi) is 5.60. The Morgan fingerprint density at radius 3 is 2.85 bits per heavy atom. The smallest absolute Gasteiger partial charge is 0.227 e. The van der Waals surface area contributed by atoms with Gasteiger partial charge in [-0.1, -0.05) is 44.4 Å². The van der Waals surface area contributed by atoms with Crippen molar-refractivity contribution < 1.29 is 4.79 Å². The van der Waals surface area contributed by atoms with Crippen molar-refractivity contribution in [2.24, 2.45) is 5.73 Å². The monoisotopic (exact) mass is 274 g/mol. The average molecular weight is 274 g/mol. The Bertz CT molecular complexity index is 444. The van der Waals surface area contributed by atoms with Gasteiger partial charge in [-0.05, 0) is 31.0 Å². The normalized spacial score (nSPS) is 17.3. The molecule has 0 aliphatic carbocycles. The predicted octanol–water partition coefficient (Wildman–Crippen LogP) is 3.44. The number of carbonyl (C=O) groups excluding carboxylic acids is 1. The first-order valence-corrected chi connectivity index (χ1v) is 7.87. The summed E-state index contributed by atoms with van der Waals surface area (Å²) in [5, 5.41) is 0. The highest BCUT2D eigenvalue weighted by Crippen LogP contribution is 2.38. The van der Waals surface area contributed by atoms with Crippen LogP contribution in [0.3, 0.4) is 0 Å². The standard InChI is InChI=1S/C17H26N2O/c1-2-3-4-5-10-17(20)19-13-14(11-12-18)15-8-6-7-9-16(15)19/h6-9,14H,2-5,10-13,18H2,1H3. The Morgan fingerprint density at radius 2 is 2.10 bits per heavy atom. The van der Waals surface area contributed by atoms with Crippen molar-refractivity contribution in [1.29, 1.82) is 0 Å². The van der Waals surface area contributed by atoms with E-state index < -0.39 is 0 Å². The number of rotatable bonds is 7. The number of carbonyl (C=O) groups is 1. The van der Waals surface area contributed by atoms with Crippen molar-refractivity contribution in [3.05, 3.63) is 29.8 Å². The average Bonchev–Trinajstić information content (AvgIpc) is 2.83. The molecule has 110 valence electrons. The Hall–Kier alpha value is -1.35. The van der Waals surface area contributed by atoms with E-state index >= 15 is 0 Å². The van der Waals surface area contributed by atoms with Crippen LogP contribution < -0.4 is 10.6 Å². The number of anilines is 1. The van der Waals surface area contributed by atoms with Crippen LogP contribution in [0.25, 0.3) is 0 Å². The Labute approximate surface area is 122 Å². The summed E-state index contributed by atoms with van der Waals surface area (Å²) < 4.78 is 0. The van der Waals surface area contributed by atoms with E-state index in [1.165, 1.54) is 18.4 Å². The summed E-state index contributed by atoms with van der Waals surface area (Å²) in [6, 6.07) is 8.27. The summed E-state index contributed by atoms with van der Waals surface area (Å²) in [4.78, 5) is 14.4. The highest BCUT2D eigenvalue weighted by Gasteiger charge is 2.30. The third-order valence-corrected chi connectivity index (χ3v) is 4.13. The number of nitrogens with two attached hydrogens (primary N) is 1. The van der Waals surface area contributed by atoms with Crippen LogP contribution in [0, 0.1) is 0 Å². The fourth-order valence-electron chi connectivity index (χ4n) is 3.02. The van der Waals surface area contributed by atoms with Crippen LogP contribution in [-0.4, -0.2) is 19.0 Å². The summed E-state index contributed by atoms with van der Waals surface area (Å²) in [6.07, 6.45) is 6.22. The molecule has 2 rings (SSSR count). The lowest BCUT2D eigenvalue weighted by Gasteiger charge is -2.18. The summed E-state index contributed by atoms with van der Waals surface area (Å²) in [6.45, 7) is 3.68. The molecule has 0 aromatic heterocycles. The topological polar surface area (TPSA) is 46.3 Å². The molecule has 1 aromatic carbocycles. The molecule has 0 fully saturated rings. The third-order valence-electron chi connectivity index (χ3n) is 4.13. The van der Waals surface area contributed by atoms with E-state index in [0.717, 1.165) is 31.5 Å². The Morgan fingerprint density at radius 1 is 1.30 bits per heavy atom. The first kappa shape index (κ1) is 15.0. The molecule has 20 heavy (non-hydrogen) atoms. The fourth-order valence-corrected chi connectivity index (χ4v) is 3.02. The molecule has 0 saturated heterocycles. The third kappa shape index (κ3) is 3.40. The van der Waals surface area contributed by atoms with Gasteiger partial charge < -0.3 is 10.6 Å². The number of para-hydroxylation sites is 1. The van der Waals surface area contributed by atoms with Gasteiger partial charge in [0.25, 0.3) is 0 Å². The van der Waals surface area contributed by atoms with Crippen molar-refractivity contribution in [3.8, 4) is 0 Å². The lowest BCUT2D eigenvalue weighted by molar-refractivity contribution is -0.118. The molecule has 1 aliphatic rings. The zero-order valence-electron chi connectivity index (χ0n) is 12.5. The number of amides is 1.